The van der Waals surface area contributed by atoms with Crippen molar-refractivity contribution >= 4 is 0 Å². The van der Waals surface area contributed by atoms with Gasteiger partial charge < -0.3 is 0 Å². The van der Waals surface area contributed by atoms with Gasteiger partial charge in [0.25, 0.3) is 0 Å². The van der Waals surface area contributed by atoms with Crippen molar-refractivity contribution in [3.63, 3.8) is 0 Å². The monoisotopic (exact) mass is 322 g/mol. The summed E-state index contributed by atoms with van der Waals surface area (Å²) in [5, 5.41) is 0. The molecular weight excluding hydrogens is 288 g/mol. The summed E-state index contributed by atoms with van der Waals surface area (Å²) in [6.45, 7) is 4.31. The lowest BCUT2D eigenvalue weighted by atomic mass is 9.68. The third-order valence-electron chi connectivity index (χ3n) is 6.35. The molecule has 2 aliphatic rings. The Morgan fingerprint density at radius 3 is 2.21 bits per heavy atom. The lowest BCUT2D eigenvalue weighted by molar-refractivity contribution is 0.288. The molecule has 0 spiro atoms. The van der Waals surface area contributed by atoms with Crippen LogP contribution < -0.4 is 0 Å². The van der Waals surface area contributed by atoms with E-state index in [4.69, 9.17) is 0 Å². The van der Waals surface area contributed by atoms with E-state index in [-0.39, 0.29) is 0 Å². The number of hydrogen-bond acceptors (Lipinski definition) is 0. The summed E-state index contributed by atoms with van der Waals surface area (Å²) < 4.78 is 0. The molecule has 0 unspecified atom stereocenters. The minimum atomic E-state index is 0.927. The van der Waals surface area contributed by atoms with Crippen LogP contribution >= 0.6 is 0 Å². The predicted molar refractivity (Wildman–Crippen MR) is 105 cm³/mol. The molecule has 0 aromatic heterocycles. The topological polar surface area (TPSA) is 0 Å². The molecule has 0 nitrogen and oxygen atoms in total. The maximum atomic E-state index is 2.34. The molecule has 1 aromatic rings. The van der Waals surface area contributed by atoms with E-state index in [9.17, 15) is 0 Å². The van der Waals surface area contributed by atoms with E-state index >= 15 is 0 Å². The molecule has 0 bridgehead atoms. The van der Waals surface area contributed by atoms with E-state index in [0.29, 0.717) is 0 Å². The van der Waals surface area contributed by atoms with Crippen LogP contribution in [0.25, 0.3) is 0 Å². The molecule has 0 amide bonds. The molecule has 24 heavy (non-hydrogen) atoms. The molecule has 1 aromatic carbocycles. The smallest absolute Gasteiger partial charge is 0.00500 e. The second kappa shape index (κ2) is 8.88. The Kier molecular flexibility index (Phi) is 6.58. The van der Waals surface area contributed by atoms with Gasteiger partial charge in [-0.25, -0.2) is 0 Å². The molecule has 0 atom stereocenters. The van der Waals surface area contributed by atoms with Gasteiger partial charge in [-0.1, -0.05) is 42.0 Å². The Balaban J connectivity index is 1.42. The van der Waals surface area contributed by atoms with Crippen LogP contribution in [0.15, 0.2) is 36.4 Å². The van der Waals surface area contributed by atoms with Crippen LogP contribution in [0.3, 0.4) is 0 Å². The average Bonchev–Trinajstić information content (AvgIpc) is 2.63. The van der Waals surface area contributed by atoms with Gasteiger partial charge in [0.1, 0.15) is 0 Å². The molecule has 130 valence electrons. The second-order valence-electron chi connectivity index (χ2n) is 7.99. The zero-order valence-electron chi connectivity index (χ0n) is 15.7. The number of rotatable bonds is 5. The van der Waals surface area contributed by atoms with Gasteiger partial charge in [0.15, 0.2) is 0 Å². The van der Waals surface area contributed by atoms with Crippen LogP contribution in [0.1, 0.15) is 82.3 Å². The summed E-state index contributed by atoms with van der Waals surface area (Å²) in [6.07, 6.45) is 18.4. The summed E-state index contributed by atoms with van der Waals surface area (Å²) in [5.41, 5.74) is 2.87. The van der Waals surface area contributed by atoms with E-state index in [1.807, 2.05) is 5.92 Å². The molecule has 2 fully saturated rings. The first kappa shape index (κ1) is 17.8. The van der Waals surface area contributed by atoms with Crippen molar-refractivity contribution in [3.8, 4) is 0 Å². The van der Waals surface area contributed by atoms with Gasteiger partial charge >= 0.3 is 0 Å². The fraction of sp³-hybridized carbons (Fsp3) is 0.583. The first-order valence-electron chi connectivity index (χ1n) is 10.1. The molecule has 0 heterocycles. The molecule has 0 aliphatic heterocycles. The molecule has 0 heteroatoms. The minimum Gasteiger partial charge on any atom is -0.0917 e. The maximum absolute atomic E-state index is 2.34. The maximum Gasteiger partial charge on any atom is 0.00500 e. The van der Waals surface area contributed by atoms with Gasteiger partial charge in [-0.05, 0) is 101 Å². The Hall–Kier alpha value is -1.04. The summed E-state index contributed by atoms with van der Waals surface area (Å²) >= 11 is 0. The van der Waals surface area contributed by atoms with Gasteiger partial charge in [-0.15, -0.1) is 0 Å². The molecule has 3 rings (SSSR count). The standard InChI is InChI=1S/C24H34/c1-3-4-5-6-20-9-13-22(14-10-20)24-17-15-23(16-18-24)21-11-7-19(2)8-12-21/h3-4,7-8,11-12,20,24H,5-6,9-10,13-18H2,1-2H3/b4-3+. The fourth-order valence-corrected chi connectivity index (χ4v) is 4.70. The van der Waals surface area contributed by atoms with E-state index in [2.05, 4.69) is 50.3 Å². The van der Waals surface area contributed by atoms with Gasteiger partial charge in [0.2, 0.25) is 0 Å². The van der Waals surface area contributed by atoms with E-state index in [1.54, 1.807) is 5.92 Å². The average molecular weight is 323 g/mol. The lowest BCUT2D eigenvalue weighted by Crippen LogP contribution is -2.24. The molecule has 0 N–H and O–H groups in total. The predicted octanol–water partition coefficient (Wildman–Crippen LogP) is 7.23. The summed E-state index contributed by atoms with van der Waals surface area (Å²) in [7, 11) is 0. The fourth-order valence-electron chi connectivity index (χ4n) is 4.70. The number of benzene rings is 1. The van der Waals surface area contributed by atoms with Crippen LogP contribution in [0, 0.1) is 30.6 Å². The highest BCUT2D eigenvalue weighted by molar-refractivity contribution is 5.33. The minimum absolute atomic E-state index is 0.927. The van der Waals surface area contributed by atoms with Crippen molar-refractivity contribution in [2.24, 2.45) is 11.8 Å². The van der Waals surface area contributed by atoms with Gasteiger partial charge in [-0.3, -0.25) is 0 Å². The first-order valence-corrected chi connectivity index (χ1v) is 10.1. The van der Waals surface area contributed by atoms with Crippen molar-refractivity contribution < 1.29 is 0 Å². The van der Waals surface area contributed by atoms with E-state index < -0.39 is 0 Å². The second-order valence-corrected chi connectivity index (χ2v) is 7.99. The van der Waals surface area contributed by atoms with Crippen molar-refractivity contribution in [3.05, 3.63) is 59.4 Å². The van der Waals surface area contributed by atoms with Crippen molar-refractivity contribution in [1.29, 1.82) is 0 Å². The van der Waals surface area contributed by atoms with E-state index in [0.717, 1.165) is 11.8 Å². The van der Waals surface area contributed by atoms with Crippen LogP contribution in [0.4, 0.5) is 0 Å². The number of allylic oxidation sites excluding steroid dienone is 2. The van der Waals surface area contributed by atoms with E-state index in [1.165, 1.54) is 75.3 Å². The Labute approximate surface area is 149 Å². The third kappa shape index (κ3) is 4.74. The highest BCUT2D eigenvalue weighted by Gasteiger charge is 2.31. The summed E-state index contributed by atoms with van der Waals surface area (Å²) in [6, 6.07) is 9.18. The van der Waals surface area contributed by atoms with Crippen LogP contribution in [-0.2, 0) is 0 Å². The van der Waals surface area contributed by atoms with Gasteiger partial charge in [0.05, 0.1) is 0 Å². The summed E-state index contributed by atoms with van der Waals surface area (Å²) in [4.78, 5) is 0. The third-order valence-corrected chi connectivity index (χ3v) is 6.35. The zero-order chi connectivity index (χ0) is 16.8. The number of hydrogen-bond donors (Lipinski definition) is 0. The summed E-state index contributed by atoms with van der Waals surface area (Å²) in [5.74, 6) is 5.53. The molecule has 2 radical (unpaired) electrons. The van der Waals surface area contributed by atoms with Crippen LogP contribution in [0.5, 0.6) is 0 Å². The molecule has 2 aliphatic carbocycles. The first-order chi connectivity index (χ1) is 11.8. The SMILES string of the molecule is C/C=C/CCC1CC[C](C2CC[C](c3ccc(C)cc3)CC2)CC1. The van der Waals surface area contributed by atoms with Gasteiger partial charge in [0, 0.05) is 5.92 Å². The normalized spacial score (nSPS) is 22.4. The number of aryl methyl sites for hydroxylation is 1. The lowest BCUT2D eigenvalue weighted by Gasteiger charge is -2.37. The van der Waals surface area contributed by atoms with Gasteiger partial charge in [-0.2, -0.15) is 0 Å². The van der Waals surface area contributed by atoms with Crippen molar-refractivity contribution in [2.75, 3.05) is 0 Å². The zero-order valence-corrected chi connectivity index (χ0v) is 15.7. The quantitative estimate of drug-likeness (QED) is 0.502. The Morgan fingerprint density at radius 2 is 1.58 bits per heavy atom. The van der Waals surface area contributed by atoms with Crippen molar-refractivity contribution in [2.45, 2.75) is 78.1 Å². The highest BCUT2D eigenvalue weighted by atomic mass is 14.4. The van der Waals surface area contributed by atoms with Crippen LogP contribution in [-0.4, -0.2) is 0 Å². The largest absolute Gasteiger partial charge is 0.0917 e. The Morgan fingerprint density at radius 1 is 0.917 bits per heavy atom. The highest BCUT2D eigenvalue weighted by Crippen LogP contribution is 2.45. The van der Waals surface area contributed by atoms with Crippen molar-refractivity contribution in [1.82, 2.24) is 0 Å². The molecule has 2 saturated carbocycles. The van der Waals surface area contributed by atoms with Crippen LogP contribution in [0.2, 0.25) is 0 Å². The molecular formula is C24H34. The molecule has 0 saturated heterocycles. The Bertz CT molecular complexity index is 493.